The zero-order valence-corrected chi connectivity index (χ0v) is 16.0. The van der Waals surface area contributed by atoms with Crippen molar-refractivity contribution in [3.8, 4) is 11.5 Å². The third-order valence-corrected chi connectivity index (χ3v) is 5.89. The summed E-state index contributed by atoms with van der Waals surface area (Å²) in [6.07, 6.45) is 1.28. The van der Waals surface area contributed by atoms with Crippen LogP contribution in [-0.4, -0.2) is 27.8 Å². The maximum atomic E-state index is 12.1. The predicted molar refractivity (Wildman–Crippen MR) is 95.6 cm³/mol. The zero-order chi connectivity index (χ0) is 17.0. The van der Waals surface area contributed by atoms with E-state index in [-0.39, 0.29) is 10.3 Å². The summed E-state index contributed by atoms with van der Waals surface area (Å²) in [6, 6.07) is 6.60. The van der Waals surface area contributed by atoms with Crippen LogP contribution in [0.1, 0.15) is 19.4 Å². The number of ether oxygens (including phenoxy) is 2. The number of sulfonamides is 1. The van der Waals surface area contributed by atoms with Gasteiger partial charge in [0.25, 0.3) is 10.0 Å². The molecule has 0 aliphatic carbocycles. The molecule has 0 amide bonds. The van der Waals surface area contributed by atoms with Gasteiger partial charge in [-0.1, -0.05) is 6.07 Å². The molecule has 0 saturated carbocycles. The molecule has 1 aromatic heterocycles. The molecular weight excluding hydrogens is 402 g/mol. The standard InChI is InChI=1S/C15H16BrNO4S2/c1-10(2)21-15-12(16)7-11(8-13(15)20-3)9-17-23(18,19)14-5-4-6-22-14/h4-10H,1-3H3/b17-9-. The molecule has 0 aliphatic heterocycles. The molecule has 0 unspecified atom stereocenters. The monoisotopic (exact) mass is 417 g/mol. The van der Waals surface area contributed by atoms with Gasteiger partial charge in [-0.05, 0) is 58.9 Å². The minimum atomic E-state index is -3.68. The summed E-state index contributed by atoms with van der Waals surface area (Å²) in [5, 5.41) is 1.69. The Morgan fingerprint density at radius 2 is 2.09 bits per heavy atom. The van der Waals surface area contributed by atoms with Crippen molar-refractivity contribution < 1.29 is 17.9 Å². The molecule has 0 fully saturated rings. The Balaban J connectivity index is 2.34. The van der Waals surface area contributed by atoms with Crippen molar-refractivity contribution >= 4 is 43.5 Å². The Bertz CT molecular complexity index is 799. The van der Waals surface area contributed by atoms with Crippen molar-refractivity contribution in [2.24, 2.45) is 4.40 Å². The average molecular weight is 418 g/mol. The zero-order valence-electron chi connectivity index (χ0n) is 12.8. The summed E-state index contributed by atoms with van der Waals surface area (Å²) in [4.78, 5) is 0. The number of rotatable bonds is 6. The normalized spacial score (nSPS) is 12.0. The molecule has 124 valence electrons. The van der Waals surface area contributed by atoms with Gasteiger partial charge in [-0.3, -0.25) is 0 Å². The van der Waals surface area contributed by atoms with E-state index in [0.717, 1.165) is 11.3 Å². The van der Waals surface area contributed by atoms with E-state index in [4.69, 9.17) is 9.47 Å². The molecule has 0 bridgehead atoms. The van der Waals surface area contributed by atoms with Gasteiger partial charge in [0.15, 0.2) is 11.5 Å². The lowest BCUT2D eigenvalue weighted by Gasteiger charge is -2.15. The SMILES string of the molecule is COc1cc(/C=N\S(=O)(=O)c2cccs2)cc(Br)c1OC(C)C. The molecular formula is C15H16BrNO4S2. The van der Waals surface area contributed by atoms with Crippen molar-refractivity contribution in [3.05, 3.63) is 39.7 Å². The van der Waals surface area contributed by atoms with Crippen molar-refractivity contribution in [1.29, 1.82) is 0 Å². The molecule has 0 N–H and O–H groups in total. The largest absolute Gasteiger partial charge is 0.493 e. The van der Waals surface area contributed by atoms with E-state index < -0.39 is 10.0 Å². The molecule has 2 rings (SSSR count). The van der Waals surface area contributed by atoms with E-state index in [2.05, 4.69) is 20.3 Å². The van der Waals surface area contributed by atoms with Crippen LogP contribution in [0.15, 0.2) is 42.7 Å². The highest BCUT2D eigenvalue weighted by Crippen LogP contribution is 2.37. The van der Waals surface area contributed by atoms with Gasteiger partial charge < -0.3 is 9.47 Å². The van der Waals surface area contributed by atoms with E-state index in [1.807, 2.05) is 13.8 Å². The first-order valence-electron chi connectivity index (χ1n) is 6.71. The third-order valence-electron chi connectivity index (χ3n) is 2.70. The minimum absolute atomic E-state index is 0.0149. The second kappa shape index (κ2) is 7.46. The quantitative estimate of drug-likeness (QED) is 0.663. The van der Waals surface area contributed by atoms with Crippen LogP contribution in [0.4, 0.5) is 0 Å². The predicted octanol–water partition coefficient (Wildman–Crippen LogP) is 4.11. The first-order chi connectivity index (χ1) is 10.8. The van der Waals surface area contributed by atoms with Crippen LogP contribution in [0.2, 0.25) is 0 Å². The highest BCUT2D eigenvalue weighted by Gasteiger charge is 2.15. The molecule has 0 radical (unpaired) electrons. The number of hydrogen-bond acceptors (Lipinski definition) is 5. The van der Waals surface area contributed by atoms with Gasteiger partial charge in [0, 0.05) is 6.21 Å². The molecule has 8 heteroatoms. The van der Waals surface area contributed by atoms with Crippen LogP contribution in [0.25, 0.3) is 0 Å². The van der Waals surface area contributed by atoms with Crippen LogP contribution in [0.5, 0.6) is 11.5 Å². The average Bonchev–Trinajstić information content (AvgIpc) is 3.02. The summed E-state index contributed by atoms with van der Waals surface area (Å²) in [6.45, 7) is 3.82. The molecule has 5 nitrogen and oxygen atoms in total. The van der Waals surface area contributed by atoms with Gasteiger partial charge >= 0.3 is 0 Å². The van der Waals surface area contributed by atoms with Crippen molar-refractivity contribution in [3.63, 3.8) is 0 Å². The third kappa shape index (κ3) is 4.55. The van der Waals surface area contributed by atoms with Crippen molar-refractivity contribution in [1.82, 2.24) is 0 Å². The number of halogens is 1. The van der Waals surface area contributed by atoms with Gasteiger partial charge in [-0.2, -0.15) is 12.8 Å². The summed E-state index contributed by atoms with van der Waals surface area (Å²) in [5.74, 6) is 1.07. The fraction of sp³-hybridized carbons (Fsp3) is 0.267. The van der Waals surface area contributed by atoms with Gasteiger partial charge in [-0.15, -0.1) is 11.3 Å². The smallest absolute Gasteiger partial charge is 0.291 e. The van der Waals surface area contributed by atoms with Gasteiger partial charge in [0.2, 0.25) is 0 Å². The van der Waals surface area contributed by atoms with E-state index in [1.54, 1.807) is 23.6 Å². The molecule has 23 heavy (non-hydrogen) atoms. The summed E-state index contributed by atoms with van der Waals surface area (Å²) in [5.41, 5.74) is 0.588. The highest BCUT2D eigenvalue weighted by atomic mass is 79.9. The summed E-state index contributed by atoms with van der Waals surface area (Å²) < 4.78 is 39.7. The van der Waals surface area contributed by atoms with Crippen LogP contribution in [-0.2, 0) is 10.0 Å². The summed E-state index contributed by atoms with van der Waals surface area (Å²) in [7, 11) is -2.15. The van der Waals surface area contributed by atoms with E-state index in [1.165, 1.54) is 19.4 Å². The van der Waals surface area contributed by atoms with Crippen LogP contribution >= 0.6 is 27.3 Å². The fourth-order valence-corrected chi connectivity index (χ4v) is 4.16. The number of methoxy groups -OCH3 is 1. The Morgan fingerprint density at radius 1 is 1.35 bits per heavy atom. The second-order valence-electron chi connectivity index (χ2n) is 4.84. The Labute approximate surface area is 148 Å². The molecule has 2 aromatic rings. The van der Waals surface area contributed by atoms with E-state index in [9.17, 15) is 8.42 Å². The first kappa shape index (κ1) is 18.0. The van der Waals surface area contributed by atoms with E-state index >= 15 is 0 Å². The first-order valence-corrected chi connectivity index (χ1v) is 9.83. The van der Waals surface area contributed by atoms with Crippen molar-refractivity contribution in [2.45, 2.75) is 24.2 Å². The lowest BCUT2D eigenvalue weighted by molar-refractivity contribution is 0.228. The fourth-order valence-electron chi connectivity index (χ4n) is 1.76. The van der Waals surface area contributed by atoms with Gasteiger partial charge in [0.1, 0.15) is 4.21 Å². The topological polar surface area (TPSA) is 65.0 Å². The second-order valence-corrected chi connectivity index (χ2v) is 8.50. The number of nitrogens with zero attached hydrogens (tertiary/aromatic N) is 1. The molecule has 0 spiro atoms. The van der Waals surface area contributed by atoms with E-state index in [0.29, 0.717) is 21.5 Å². The molecule has 0 atom stereocenters. The lowest BCUT2D eigenvalue weighted by Crippen LogP contribution is -2.07. The Morgan fingerprint density at radius 3 is 2.65 bits per heavy atom. The van der Waals surface area contributed by atoms with Crippen LogP contribution < -0.4 is 9.47 Å². The van der Waals surface area contributed by atoms with Gasteiger partial charge in [0.05, 0.1) is 17.7 Å². The Kier molecular flexibility index (Phi) is 5.83. The minimum Gasteiger partial charge on any atom is -0.493 e. The van der Waals surface area contributed by atoms with Gasteiger partial charge in [-0.25, -0.2) is 0 Å². The number of thiophene rings is 1. The number of hydrogen-bond donors (Lipinski definition) is 0. The van der Waals surface area contributed by atoms with Crippen molar-refractivity contribution in [2.75, 3.05) is 7.11 Å². The highest BCUT2D eigenvalue weighted by molar-refractivity contribution is 9.10. The molecule has 0 saturated heterocycles. The maximum absolute atomic E-state index is 12.1. The molecule has 1 heterocycles. The maximum Gasteiger partial charge on any atom is 0.291 e. The summed E-state index contributed by atoms with van der Waals surface area (Å²) >= 11 is 4.54. The van der Waals surface area contributed by atoms with Crippen LogP contribution in [0, 0.1) is 0 Å². The van der Waals surface area contributed by atoms with Crippen LogP contribution in [0.3, 0.4) is 0 Å². The number of benzene rings is 1. The Hall–Kier alpha value is -1.38. The molecule has 0 aliphatic rings. The molecule has 1 aromatic carbocycles. The lowest BCUT2D eigenvalue weighted by atomic mass is 10.2.